The van der Waals surface area contributed by atoms with E-state index in [2.05, 4.69) is 55.6 Å². The summed E-state index contributed by atoms with van der Waals surface area (Å²) in [6.07, 6.45) is 40.1. The molecule has 0 saturated carbocycles. The Hall–Kier alpha value is -1.54. The fraction of sp³-hybridized carbons (Fsp3) is 0.780. The van der Waals surface area contributed by atoms with Crippen LogP contribution in [0.3, 0.4) is 0 Å². The third-order valence-corrected chi connectivity index (χ3v) is 9.51. The fourth-order valence-electron chi connectivity index (χ4n) is 5.34. The third-order valence-electron chi connectivity index (χ3n) is 8.54. The highest BCUT2D eigenvalue weighted by Crippen LogP contribution is 2.38. The summed E-state index contributed by atoms with van der Waals surface area (Å²) in [5.74, 6) is -0.230. The van der Waals surface area contributed by atoms with Crippen LogP contribution in [0.4, 0.5) is 0 Å². The highest BCUT2D eigenvalue weighted by molar-refractivity contribution is 7.45. The smallest absolute Gasteiger partial charge is 0.268 e. The van der Waals surface area contributed by atoms with Crippen LogP contribution in [0, 0.1) is 0 Å². The number of phosphoric acid groups is 1. The molecule has 2 N–H and O–H groups in total. The van der Waals surface area contributed by atoms with E-state index >= 15 is 0 Å². The van der Waals surface area contributed by atoms with E-state index in [9.17, 15) is 19.4 Å². The highest BCUT2D eigenvalue weighted by atomic mass is 31.2. The number of unbranched alkanes of at least 4 members (excludes halogenated alkanes) is 16. The minimum Gasteiger partial charge on any atom is -0.756 e. The van der Waals surface area contributed by atoms with Crippen molar-refractivity contribution in [2.24, 2.45) is 0 Å². The number of phosphoric ester groups is 1. The Balaban J connectivity index is 4.57. The minimum absolute atomic E-state index is 0.00851. The van der Waals surface area contributed by atoms with Crippen molar-refractivity contribution in [3.8, 4) is 0 Å². The Morgan fingerprint density at radius 1 is 0.720 bits per heavy atom. The summed E-state index contributed by atoms with van der Waals surface area (Å²) in [4.78, 5) is 25.2. The number of hydrogen-bond donors (Lipinski definition) is 2. The molecule has 3 atom stereocenters. The second-order valence-electron chi connectivity index (χ2n) is 14.6. The van der Waals surface area contributed by atoms with Gasteiger partial charge in [-0.05, 0) is 51.4 Å². The van der Waals surface area contributed by atoms with Crippen LogP contribution < -0.4 is 10.2 Å². The Morgan fingerprint density at radius 3 is 1.78 bits per heavy atom. The van der Waals surface area contributed by atoms with Gasteiger partial charge in [-0.1, -0.05) is 146 Å². The number of nitrogens with one attached hydrogen (secondary N) is 1. The van der Waals surface area contributed by atoms with E-state index in [1.807, 2.05) is 27.2 Å². The van der Waals surface area contributed by atoms with Gasteiger partial charge in [0.2, 0.25) is 5.91 Å². The molecule has 0 aliphatic heterocycles. The lowest BCUT2D eigenvalue weighted by molar-refractivity contribution is -0.870. The molecule has 9 heteroatoms. The van der Waals surface area contributed by atoms with E-state index < -0.39 is 26.6 Å². The summed E-state index contributed by atoms with van der Waals surface area (Å²) < 4.78 is 23.1. The Kier molecular flexibility index (Phi) is 32.3. The van der Waals surface area contributed by atoms with Crippen LogP contribution in [0.2, 0.25) is 0 Å². The average Bonchev–Trinajstić information content (AvgIpc) is 3.06. The lowest BCUT2D eigenvalue weighted by Crippen LogP contribution is -2.45. The average molecular weight is 725 g/mol. The molecule has 0 aromatic rings. The first kappa shape index (κ1) is 48.5. The van der Waals surface area contributed by atoms with Crippen LogP contribution in [0.1, 0.15) is 155 Å². The second kappa shape index (κ2) is 33.3. The zero-order chi connectivity index (χ0) is 37.2. The van der Waals surface area contributed by atoms with Gasteiger partial charge in [-0.2, -0.15) is 0 Å². The van der Waals surface area contributed by atoms with Crippen LogP contribution >= 0.6 is 7.82 Å². The zero-order valence-corrected chi connectivity index (χ0v) is 33.7. The van der Waals surface area contributed by atoms with Crippen molar-refractivity contribution in [3.63, 3.8) is 0 Å². The number of likely N-dealkylation sites (N-methyl/N-ethyl adjacent to an activating group) is 1. The SMILES string of the molecule is CC/C=C\C/C=C\C/C=C\CCCCCC(=O)NC(COP(=O)([O-])OCC[N+](C)(C)C)C(O)/C=C/CCCCCCCCCCCCCCC. The topological polar surface area (TPSA) is 108 Å². The number of allylic oxidation sites excluding steroid dienone is 7. The van der Waals surface area contributed by atoms with Crippen LogP contribution in [-0.4, -0.2) is 68.5 Å². The van der Waals surface area contributed by atoms with Crippen LogP contribution in [-0.2, 0) is 18.4 Å². The molecule has 50 heavy (non-hydrogen) atoms. The van der Waals surface area contributed by atoms with Crippen LogP contribution in [0.15, 0.2) is 48.6 Å². The van der Waals surface area contributed by atoms with E-state index in [4.69, 9.17) is 9.05 Å². The molecule has 0 bridgehead atoms. The van der Waals surface area contributed by atoms with Crippen molar-refractivity contribution in [2.45, 2.75) is 167 Å². The van der Waals surface area contributed by atoms with Gasteiger partial charge >= 0.3 is 0 Å². The molecule has 0 aliphatic rings. The Morgan fingerprint density at radius 2 is 1.22 bits per heavy atom. The molecule has 0 aliphatic carbocycles. The molecule has 0 saturated heterocycles. The maximum atomic E-state index is 12.8. The maximum absolute atomic E-state index is 12.8. The molecule has 0 aromatic heterocycles. The van der Waals surface area contributed by atoms with E-state index in [0.29, 0.717) is 17.4 Å². The molecular formula is C41H77N2O6P. The predicted molar refractivity (Wildman–Crippen MR) is 210 cm³/mol. The molecular weight excluding hydrogens is 647 g/mol. The summed E-state index contributed by atoms with van der Waals surface area (Å²) in [6.45, 7) is 4.48. The molecule has 0 rings (SSSR count). The molecule has 0 radical (unpaired) electrons. The molecule has 0 heterocycles. The van der Waals surface area contributed by atoms with E-state index in [-0.39, 0.29) is 12.5 Å². The summed E-state index contributed by atoms with van der Waals surface area (Å²) >= 11 is 0. The molecule has 3 unspecified atom stereocenters. The number of amides is 1. The van der Waals surface area contributed by atoms with Gasteiger partial charge in [0, 0.05) is 6.42 Å². The summed E-state index contributed by atoms with van der Waals surface area (Å²) in [5, 5.41) is 13.7. The van der Waals surface area contributed by atoms with Crippen LogP contribution in [0.5, 0.6) is 0 Å². The summed E-state index contributed by atoms with van der Waals surface area (Å²) in [7, 11) is 1.23. The van der Waals surface area contributed by atoms with Gasteiger partial charge in [-0.15, -0.1) is 0 Å². The van der Waals surface area contributed by atoms with Gasteiger partial charge in [-0.25, -0.2) is 0 Å². The Bertz CT molecular complexity index is 959. The summed E-state index contributed by atoms with van der Waals surface area (Å²) in [5.41, 5.74) is 0. The van der Waals surface area contributed by atoms with Crippen LogP contribution in [0.25, 0.3) is 0 Å². The minimum atomic E-state index is -4.59. The van der Waals surface area contributed by atoms with Gasteiger partial charge in [0.15, 0.2) is 0 Å². The molecule has 8 nitrogen and oxygen atoms in total. The van der Waals surface area contributed by atoms with Gasteiger partial charge in [0.1, 0.15) is 13.2 Å². The normalized spacial score (nSPS) is 15.1. The second-order valence-corrected chi connectivity index (χ2v) is 16.0. The highest BCUT2D eigenvalue weighted by Gasteiger charge is 2.23. The summed E-state index contributed by atoms with van der Waals surface area (Å²) in [6, 6.07) is -0.900. The number of rotatable bonds is 35. The first-order valence-electron chi connectivity index (χ1n) is 20.0. The van der Waals surface area contributed by atoms with Crippen molar-refractivity contribution in [3.05, 3.63) is 48.6 Å². The fourth-order valence-corrected chi connectivity index (χ4v) is 6.06. The van der Waals surface area contributed by atoms with Crippen molar-refractivity contribution >= 4 is 13.7 Å². The number of aliphatic hydroxyl groups is 1. The third kappa shape index (κ3) is 34.9. The zero-order valence-electron chi connectivity index (χ0n) is 32.8. The van der Waals surface area contributed by atoms with Gasteiger partial charge in [-0.3, -0.25) is 9.36 Å². The molecule has 0 fully saturated rings. The van der Waals surface area contributed by atoms with Gasteiger partial charge in [0.25, 0.3) is 7.82 Å². The van der Waals surface area contributed by atoms with Crippen molar-refractivity contribution in [2.75, 3.05) is 40.9 Å². The quantitative estimate of drug-likeness (QED) is 0.0292. The monoisotopic (exact) mass is 725 g/mol. The number of carbonyl (C=O) groups excluding carboxylic acids is 1. The maximum Gasteiger partial charge on any atom is 0.268 e. The van der Waals surface area contributed by atoms with Gasteiger partial charge < -0.3 is 28.8 Å². The molecule has 1 amide bonds. The number of quaternary nitrogens is 1. The van der Waals surface area contributed by atoms with Crippen molar-refractivity contribution in [1.29, 1.82) is 0 Å². The van der Waals surface area contributed by atoms with Gasteiger partial charge in [0.05, 0.1) is 39.9 Å². The number of hydrogen-bond acceptors (Lipinski definition) is 6. The molecule has 0 aromatic carbocycles. The number of aliphatic hydroxyl groups excluding tert-OH is 1. The molecule has 0 spiro atoms. The Labute approximate surface area is 308 Å². The van der Waals surface area contributed by atoms with E-state index in [1.54, 1.807) is 6.08 Å². The number of nitrogens with zero attached hydrogens (tertiary/aromatic N) is 1. The lowest BCUT2D eigenvalue weighted by atomic mass is 10.0. The van der Waals surface area contributed by atoms with Crippen molar-refractivity contribution < 1.29 is 32.9 Å². The first-order valence-corrected chi connectivity index (χ1v) is 21.5. The van der Waals surface area contributed by atoms with Crippen molar-refractivity contribution in [1.82, 2.24) is 5.32 Å². The standard InChI is InChI=1S/C41H77N2O6P/c1-6-8-10-12-14-16-18-20-21-23-24-26-28-30-32-34-40(44)39(38-49-50(46,47)48-37-36-43(3,4)5)42-41(45)35-33-31-29-27-25-22-19-17-15-13-11-9-7-2/h9,11,15,17,22,25,32,34,39-40,44H,6-8,10,12-14,16,18-21,23-24,26-31,33,35-38H2,1-5H3,(H-,42,45,46,47)/b11-9-,17-15-,25-22-,34-32+. The largest absolute Gasteiger partial charge is 0.756 e. The lowest BCUT2D eigenvalue weighted by Gasteiger charge is -2.29. The molecule has 292 valence electrons. The van der Waals surface area contributed by atoms with E-state index in [0.717, 1.165) is 64.2 Å². The first-order chi connectivity index (χ1) is 24.0. The predicted octanol–water partition coefficient (Wildman–Crippen LogP) is 9.89. The number of carbonyl (C=O) groups is 1. The van der Waals surface area contributed by atoms with E-state index in [1.165, 1.54) is 70.6 Å².